The predicted molar refractivity (Wildman–Crippen MR) is 177 cm³/mol. The van der Waals surface area contributed by atoms with Crippen LogP contribution in [0, 0.1) is 11.8 Å². The van der Waals surface area contributed by atoms with E-state index in [0.717, 1.165) is 18.0 Å². The van der Waals surface area contributed by atoms with Crippen LogP contribution in [-0.4, -0.2) is 55.9 Å². The molecule has 0 aliphatic carbocycles. The van der Waals surface area contributed by atoms with Crippen molar-refractivity contribution in [1.29, 1.82) is 0 Å². The summed E-state index contributed by atoms with van der Waals surface area (Å²) in [5.74, 6) is 0.223. The van der Waals surface area contributed by atoms with E-state index in [4.69, 9.17) is 9.47 Å². The maximum Gasteiger partial charge on any atom is 0.277 e. The maximum absolute atomic E-state index is 14.0. The Kier molecular flexibility index (Phi) is 11.2. The van der Waals surface area contributed by atoms with Gasteiger partial charge in [-0.05, 0) is 36.3 Å². The van der Waals surface area contributed by atoms with Gasteiger partial charge in [-0.1, -0.05) is 94.2 Å². The predicted octanol–water partition coefficient (Wildman–Crippen LogP) is 6.41. The molecule has 0 saturated heterocycles. The highest BCUT2D eigenvalue weighted by Crippen LogP contribution is 2.31. The van der Waals surface area contributed by atoms with Gasteiger partial charge in [0.05, 0.1) is 0 Å². The first-order valence-corrected chi connectivity index (χ1v) is 19.3. The average Bonchev–Trinajstić information content (AvgIpc) is 2.98. The van der Waals surface area contributed by atoms with E-state index < -0.39 is 14.2 Å². The van der Waals surface area contributed by atoms with Crippen LogP contribution in [0.3, 0.4) is 0 Å². The second-order valence-electron chi connectivity index (χ2n) is 13.4. The van der Waals surface area contributed by atoms with Crippen LogP contribution < -0.4 is 15.2 Å². The smallest absolute Gasteiger partial charge is 0.277 e. The molecule has 4 rings (SSSR count). The second-order valence-corrected chi connectivity index (χ2v) is 19.0. The highest BCUT2D eigenvalue weighted by atomic mass is 28.3. The molecule has 0 bridgehead atoms. The van der Waals surface area contributed by atoms with E-state index in [1.807, 2.05) is 65.7 Å². The quantitative estimate of drug-likeness (QED) is 0.111. The molecule has 2 aromatic carbocycles. The maximum atomic E-state index is 14.0. The highest BCUT2D eigenvalue weighted by molar-refractivity contribution is 6.76. The molecular weight excluding hydrogens is 570 g/mol. The third-order valence-corrected chi connectivity index (χ3v) is 9.69. The number of ketones is 1. The van der Waals surface area contributed by atoms with Crippen molar-refractivity contribution in [2.45, 2.75) is 71.6 Å². The van der Waals surface area contributed by atoms with Gasteiger partial charge in [0.1, 0.15) is 19.5 Å². The van der Waals surface area contributed by atoms with Gasteiger partial charge in [-0.3, -0.25) is 24.1 Å². The van der Waals surface area contributed by atoms with Crippen LogP contribution in [0.5, 0.6) is 5.75 Å². The number of hydrogen-bond donors (Lipinski definition) is 0. The summed E-state index contributed by atoms with van der Waals surface area (Å²) in [6, 6.07) is 21.4. The first-order valence-electron chi connectivity index (χ1n) is 15.6. The standard InChI is InChI=1S/C35H47N3O5Si/c1-26(2)21-28(22-31(40)29-15-11-8-12-16-29)23-32-36(3)35(41)33-34(43-24-27-13-9-7-10-14-27)30(39)17-18-37(33)38(32)25-42-19-20-44(4,5)6/h7-18,26,28,32H,19-25H2,1-6H3. The summed E-state index contributed by atoms with van der Waals surface area (Å²) in [6.45, 7) is 12.2. The third kappa shape index (κ3) is 8.69. The summed E-state index contributed by atoms with van der Waals surface area (Å²) in [5.41, 5.74) is 1.43. The average molecular weight is 618 g/mol. The molecule has 0 saturated carbocycles. The molecular formula is C35H47N3O5Si. The van der Waals surface area contributed by atoms with Gasteiger partial charge in [0.2, 0.25) is 5.43 Å². The van der Waals surface area contributed by atoms with Crippen molar-refractivity contribution in [3.63, 3.8) is 0 Å². The molecule has 0 N–H and O–H groups in total. The van der Waals surface area contributed by atoms with Crippen molar-refractivity contribution >= 4 is 19.8 Å². The summed E-state index contributed by atoms with van der Waals surface area (Å²) in [5, 5.41) is 2.00. The SMILES string of the molecule is CC(C)CC(CC(=O)c1ccccc1)CC1N(C)C(=O)c2c(OCc3ccccc3)c(=O)ccn2N1COCC[Si](C)(C)C. The van der Waals surface area contributed by atoms with E-state index in [0.29, 0.717) is 30.9 Å². The van der Waals surface area contributed by atoms with E-state index >= 15 is 0 Å². The molecule has 1 aliphatic heterocycles. The monoisotopic (exact) mass is 617 g/mol. The van der Waals surface area contributed by atoms with Crippen LogP contribution in [0.1, 0.15) is 59.5 Å². The van der Waals surface area contributed by atoms with Crippen LogP contribution in [0.4, 0.5) is 0 Å². The third-order valence-electron chi connectivity index (χ3n) is 7.99. The number of nitrogens with zero attached hydrogens (tertiary/aromatic N) is 3. The van der Waals surface area contributed by atoms with Crippen molar-refractivity contribution < 1.29 is 19.1 Å². The lowest BCUT2D eigenvalue weighted by Crippen LogP contribution is -2.61. The van der Waals surface area contributed by atoms with E-state index in [9.17, 15) is 14.4 Å². The Hall–Kier alpha value is -3.69. The molecule has 2 atom stereocenters. The van der Waals surface area contributed by atoms with Crippen LogP contribution in [0.2, 0.25) is 25.7 Å². The number of rotatable bonds is 15. The number of benzene rings is 2. The fraction of sp³-hybridized carbons (Fsp3) is 0.457. The molecule has 0 radical (unpaired) electrons. The minimum absolute atomic E-state index is 0.0248. The molecule has 2 heterocycles. The van der Waals surface area contributed by atoms with E-state index in [2.05, 4.69) is 33.5 Å². The lowest BCUT2D eigenvalue weighted by atomic mass is 9.86. The number of amides is 1. The number of pyridine rings is 1. The van der Waals surface area contributed by atoms with Crippen molar-refractivity contribution in [3.8, 4) is 5.75 Å². The zero-order chi connectivity index (χ0) is 31.9. The Morgan fingerprint density at radius 2 is 1.61 bits per heavy atom. The largest absolute Gasteiger partial charge is 0.482 e. The number of aromatic nitrogens is 1. The molecule has 0 spiro atoms. The topological polar surface area (TPSA) is 81.1 Å². The van der Waals surface area contributed by atoms with Crippen molar-refractivity contribution in [2.24, 2.45) is 11.8 Å². The van der Waals surface area contributed by atoms with Crippen LogP contribution >= 0.6 is 0 Å². The van der Waals surface area contributed by atoms with Crippen LogP contribution in [0.25, 0.3) is 0 Å². The van der Waals surface area contributed by atoms with Gasteiger partial charge < -0.3 is 14.4 Å². The Labute approximate surface area is 262 Å². The molecule has 1 aromatic heterocycles. The van der Waals surface area contributed by atoms with E-state index in [1.54, 1.807) is 22.8 Å². The molecule has 9 heteroatoms. The van der Waals surface area contributed by atoms with Gasteiger partial charge >= 0.3 is 0 Å². The zero-order valence-electron chi connectivity index (χ0n) is 27.0. The molecule has 0 fully saturated rings. The van der Waals surface area contributed by atoms with Gasteiger partial charge in [-0.25, -0.2) is 0 Å². The molecule has 1 amide bonds. The molecule has 44 heavy (non-hydrogen) atoms. The van der Waals surface area contributed by atoms with Crippen LogP contribution in [0.15, 0.2) is 77.7 Å². The summed E-state index contributed by atoms with van der Waals surface area (Å²) >= 11 is 0. The van der Waals surface area contributed by atoms with Gasteiger partial charge in [-0.2, -0.15) is 0 Å². The number of carbonyl (C=O) groups is 2. The number of ether oxygens (including phenoxy) is 2. The number of carbonyl (C=O) groups excluding carboxylic acids is 2. The molecule has 236 valence electrons. The highest BCUT2D eigenvalue weighted by Gasteiger charge is 2.39. The first kappa shape index (κ1) is 33.2. The van der Waals surface area contributed by atoms with Gasteiger partial charge in [0.25, 0.3) is 5.91 Å². The second kappa shape index (κ2) is 14.9. The first-order chi connectivity index (χ1) is 20.9. The van der Waals surface area contributed by atoms with Crippen molar-refractivity contribution in [3.05, 3.63) is 100.0 Å². The van der Waals surface area contributed by atoms with E-state index in [1.165, 1.54) is 6.07 Å². The van der Waals surface area contributed by atoms with Crippen LogP contribution in [-0.2, 0) is 11.3 Å². The minimum atomic E-state index is -1.33. The molecule has 8 nitrogen and oxygen atoms in total. The minimum Gasteiger partial charge on any atom is -0.482 e. The Bertz CT molecular complexity index is 1450. The fourth-order valence-electron chi connectivity index (χ4n) is 5.63. The van der Waals surface area contributed by atoms with E-state index in [-0.39, 0.29) is 47.8 Å². The van der Waals surface area contributed by atoms with Gasteiger partial charge in [0.15, 0.2) is 17.2 Å². The summed E-state index contributed by atoms with van der Waals surface area (Å²) in [4.78, 5) is 42.1. The van der Waals surface area contributed by atoms with Crippen molar-refractivity contribution in [2.75, 3.05) is 25.4 Å². The summed E-state index contributed by atoms with van der Waals surface area (Å²) in [6.07, 6.45) is 3.04. The van der Waals surface area contributed by atoms with Gasteiger partial charge in [-0.15, -0.1) is 0 Å². The normalized spacial score (nSPS) is 15.8. The fourth-order valence-corrected chi connectivity index (χ4v) is 6.39. The molecule has 3 aromatic rings. The number of hydrogen-bond acceptors (Lipinski definition) is 6. The number of fused-ring (bicyclic) bond motifs is 1. The molecule has 2 unspecified atom stereocenters. The zero-order valence-corrected chi connectivity index (χ0v) is 28.0. The lowest BCUT2D eigenvalue weighted by molar-refractivity contribution is 0.0432. The summed E-state index contributed by atoms with van der Waals surface area (Å²) in [7, 11) is 0.434. The Morgan fingerprint density at radius 3 is 2.25 bits per heavy atom. The van der Waals surface area contributed by atoms with Gasteiger partial charge in [0, 0.05) is 46.0 Å². The Morgan fingerprint density at radius 1 is 0.955 bits per heavy atom. The van der Waals surface area contributed by atoms with Crippen molar-refractivity contribution in [1.82, 2.24) is 9.58 Å². The Balaban J connectivity index is 1.67. The number of Topliss-reactive ketones (excluding diaryl/α,β-unsaturated/α-hetero) is 1. The lowest BCUT2D eigenvalue weighted by Gasteiger charge is -2.46. The molecule has 1 aliphatic rings. The summed E-state index contributed by atoms with van der Waals surface area (Å²) < 4.78 is 14.0.